The molecule has 0 saturated carbocycles. The van der Waals surface area contributed by atoms with Crippen molar-refractivity contribution in [1.29, 1.82) is 5.41 Å². The largest absolute Gasteiger partial charge is 0.481 e. The third kappa shape index (κ3) is 10.9. The van der Waals surface area contributed by atoms with E-state index in [1.807, 2.05) is 25.7 Å². The van der Waals surface area contributed by atoms with Crippen molar-refractivity contribution in [1.82, 2.24) is 4.90 Å². The Morgan fingerprint density at radius 2 is 1.79 bits per heavy atom. The highest BCUT2D eigenvalue weighted by atomic mass is 35.5. The molecular formula is C21H34ClN5O6. The van der Waals surface area contributed by atoms with Gasteiger partial charge in [-0.15, -0.1) is 12.4 Å². The fourth-order valence-corrected chi connectivity index (χ4v) is 2.83. The molecule has 0 spiro atoms. The number of hydrogen-bond donors (Lipinski definition) is 2. The van der Waals surface area contributed by atoms with Gasteiger partial charge in [-0.2, -0.15) is 0 Å². The van der Waals surface area contributed by atoms with Crippen molar-refractivity contribution in [3.05, 3.63) is 28.3 Å². The molecule has 3 N–H and O–H groups in total. The molecule has 1 amide bonds. The number of ketones is 1. The van der Waals surface area contributed by atoms with E-state index in [-0.39, 0.29) is 48.0 Å². The number of Topliss-reactive ketones (excluding diaryl/α,β-unsaturated/α-hetero) is 1. The number of carbonyl (C=O) groups is 2. The number of anilines is 2. The van der Waals surface area contributed by atoms with E-state index in [1.165, 1.54) is 13.0 Å². The molecule has 0 unspecified atom stereocenters. The number of piperazine rings is 1. The number of benzene rings is 1. The first kappa shape index (κ1) is 29.9. The maximum absolute atomic E-state index is 12.0. The highest BCUT2D eigenvalue weighted by Crippen LogP contribution is 2.27. The molecule has 0 bridgehead atoms. The van der Waals surface area contributed by atoms with Gasteiger partial charge < -0.3 is 25.0 Å². The Morgan fingerprint density at radius 3 is 2.21 bits per heavy atom. The molecule has 0 aliphatic carbocycles. The van der Waals surface area contributed by atoms with Crippen LogP contribution in [0, 0.1) is 15.5 Å². The van der Waals surface area contributed by atoms with Gasteiger partial charge in [0.05, 0.1) is 18.0 Å². The second-order valence-electron chi connectivity index (χ2n) is 8.19. The van der Waals surface area contributed by atoms with E-state index >= 15 is 0 Å². The maximum Gasteiger partial charge on any atom is 0.410 e. The number of halogens is 1. The van der Waals surface area contributed by atoms with Crippen LogP contribution in [0.2, 0.25) is 0 Å². The van der Waals surface area contributed by atoms with Gasteiger partial charge in [0.15, 0.2) is 5.90 Å². The highest BCUT2D eigenvalue weighted by molar-refractivity contribution is 5.95. The molecule has 1 aliphatic heterocycles. The Balaban J connectivity index is 0.000000875. The van der Waals surface area contributed by atoms with Crippen molar-refractivity contribution in [2.45, 2.75) is 46.6 Å². The third-order valence-corrected chi connectivity index (χ3v) is 4.23. The Kier molecular flexibility index (Phi) is 12.2. The molecule has 186 valence electrons. The predicted octanol–water partition coefficient (Wildman–Crippen LogP) is 3.64. The number of carbonyl (C=O) groups excluding carboxylic acids is 2. The molecule has 0 radical (unpaired) electrons. The van der Waals surface area contributed by atoms with E-state index in [0.29, 0.717) is 32.8 Å². The van der Waals surface area contributed by atoms with Crippen LogP contribution in [0.4, 0.5) is 21.9 Å². The molecule has 1 aromatic carbocycles. The summed E-state index contributed by atoms with van der Waals surface area (Å²) in [5, 5.41) is 17.8. The van der Waals surface area contributed by atoms with Gasteiger partial charge in [-0.1, -0.05) is 0 Å². The minimum atomic E-state index is -0.513. The molecular weight excluding hydrogens is 454 g/mol. The molecule has 2 rings (SSSR count). The van der Waals surface area contributed by atoms with Gasteiger partial charge in [0.1, 0.15) is 17.1 Å². The topological polar surface area (TPSA) is 152 Å². The number of rotatable bonds is 5. The van der Waals surface area contributed by atoms with E-state index in [9.17, 15) is 19.7 Å². The van der Waals surface area contributed by atoms with Gasteiger partial charge in [-0.25, -0.2) is 4.79 Å². The lowest BCUT2D eigenvalue weighted by atomic mass is 10.2. The highest BCUT2D eigenvalue weighted by Gasteiger charge is 2.26. The molecule has 1 fully saturated rings. The Hall–Kier alpha value is -3.08. The van der Waals surface area contributed by atoms with Crippen LogP contribution in [0.3, 0.4) is 0 Å². The lowest BCUT2D eigenvalue weighted by Gasteiger charge is -2.36. The van der Waals surface area contributed by atoms with Crippen LogP contribution in [0.15, 0.2) is 18.2 Å². The van der Waals surface area contributed by atoms with E-state index in [0.717, 1.165) is 5.69 Å². The summed E-state index contributed by atoms with van der Waals surface area (Å²) in [6.45, 7) is 11.5. The third-order valence-electron chi connectivity index (χ3n) is 4.23. The van der Waals surface area contributed by atoms with Crippen molar-refractivity contribution in [3.8, 4) is 0 Å². The second kappa shape index (κ2) is 13.5. The molecule has 1 aromatic rings. The van der Waals surface area contributed by atoms with Crippen LogP contribution in [-0.4, -0.2) is 66.0 Å². The Bertz CT molecular complexity index is 835. The van der Waals surface area contributed by atoms with Crippen molar-refractivity contribution >= 4 is 47.2 Å². The number of nitro groups is 1. The van der Waals surface area contributed by atoms with Crippen LogP contribution >= 0.6 is 12.4 Å². The Morgan fingerprint density at radius 1 is 1.21 bits per heavy atom. The molecule has 0 aromatic heterocycles. The summed E-state index contributed by atoms with van der Waals surface area (Å²) in [6, 6.07) is 4.68. The summed E-state index contributed by atoms with van der Waals surface area (Å²) in [5.74, 6) is 0.0263. The van der Waals surface area contributed by atoms with Crippen LogP contribution in [0.1, 0.15) is 41.0 Å². The molecule has 1 heterocycles. The number of nitrogens with two attached hydrogens (primary N) is 1. The SMILES string of the molecule is CC(C)(C)OC(=O)N1CCN(c2ccc([N+](=O)[O-])c(N)c2)CC1.CCOC(=N)CC(C)=O.Cl. The van der Waals surface area contributed by atoms with Gasteiger partial charge in [-0.05, 0) is 46.8 Å². The van der Waals surface area contributed by atoms with Crippen molar-refractivity contribution in [2.75, 3.05) is 43.4 Å². The molecule has 1 aliphatic rings. The fourth-order valence-electron chi connectivity index (χ4n) is 2.83. The first-order valence-electron chi connectivity index (χ1n) is 10.3. The maximum atomic E-state index is 12.0. The summed E-state index contributed by atoms with van der Waals surface area (Å²) < 4.78 is 10.1. The molecule has 1 saturated heterocycles. The number of nitro benzene ring substituents is 1. The van der Waals surface area contributed by atoms with Crippen molar-refractivity contribution in [3.63, 3.8) is 0 Å². The summed E-state index contributed by atoms with van der Waals surface area (Å²) in [4.78, 5) is 36.3. The minimum Gasteiger partial charge on any atom is -0.481 e. The van der Waals surface area contributed by atoms with E-state index in [1.54, 1.807) is 24.0 Å². The number of nitrogens with one attached hydrogen (secondary N) is 1. The Labute approximate surface area is 200 Å². The average molecular weight is 488 g/mol. The van der Waals surface area contributed by atoms with Gasteiger partial charge in [0, 0.05) is 37.9 Å². The number of nitrogen functional groups attached to an aromatic ring is 1. The smallest absolute Gasteiger partial charge is 0.410 e. The number of hydrogen-bond acceptors (Lipinski definition) is 9. The summed E-state index contributed by atoms with van der Waals surface area (Å²) >= 11 is 0. The van der Waals surface area contributed by atoms with E-state index < -0.39 is 10.5 Å². The lowest BCUT2D eigenvalue weighted by Crippen LogP contribution is -2.50. The van der Waals surface area contributed by atoms with Crippen LogP contribution in [0.5, 0.6) is 0 Å². The number of amides is 1. The minimum absolute atomic E-state index is 0. The van der Waals surface area contributed by atoms with Crippen molar-refractivity contribution < 1.29 is 24.0 Å². The van der Waals surface area contributed by atoms with Gasteiger partial charge in [0.25, 0.3) is 5.69 Å². The van der Waals surface area contributed by atoms with Crippen molar-refractivity contribution in [2.24, 2.45) is 0 Å². The van der Waals surface area contributed by atoms with Gasteiger partial charge in [-0.3, -0.25) is 20.3 Å². The average Bonchev–Trinajstić information content (AvgIpc) is 2.66. The number of nitrogens with zero attached hydrogens (tertiary/aromatic N) is 3. The summed E-state index contributed by atoms with van der Waals surface area (Å²) in [6.07, 6.45) is -0.200. The molecule has 0 atom stereocenters. The first-order valence-corrected chi connectivity index (χ1v) is 10.3. The monoisotopic (exact) mass is 487 g/mol. The molecule has 11 nitrogen and oxygen atoms in total. The first-order chi connectivity index (χ1) is 14.8. The van der Waals surface area contributed by atoms with E-state index in [4.69, 9.17) is 20.6 Å². The van der Waals surface area contributed by atoms with Crippen LogP contribution in [0.25, 0.3) is 0 Å². The molecule has 33 heavy (non-hydrogen) atoms. The lowest BCUT2D eigenvalue weighted by molar-refractivity contribution is -0.383. The standard InChI is InChI=1S/C15H22N4O4.C6H11NO2.ClH/c1-15(2,3)23-14(20)18-8-6-17(7-9-18)11-4-5-13(19(21)22)12(16)10-11;1-3-9-6(7)4-5(2)8;/h4-5,10H,6-9,16H2,1-3H3;7H,3-4H2,1-2H3;1H. The quantitative estimate of drug-likeness (QED) is 0.210. The van der Waals surface area contributed by atoms with E-state index in [2.05, 4.69) is 0 Å². The normalized spacial score (nSPS) is 13.1. The van der Waals surface area contributed by atoms with Crippen LogP contribution in [-0.2, 0) is 14.3 Å². The summed E-state index contributed by atoms with van der Waals surface area (Å²) in [7, 11) is 0. The zero-order valence-corrected chi connectivity index (χ0v) is 20.6. The second-order valence-corrected chi connectivity index (χ2v) is 8.19. The van der Waals surface area contributed by atoms with Gasteiger partial charge in [0.2, 0.25) is 0 Å². The number of ether oxygens (including phenoxy) is 2. The van der Waals surface area contributed by atoms with Crippen LogP contribution < -0.4 is 10.6 Å². The summed E-state index contributed by atoms with van der Waals surface area (Å²) in [5.41, 5.74) is 6.07. The molecule has 12 heteroatoms. The predicted molar refractivity (Wildman–Crippen MR) is 129 cm³/mol. The zero-order valence-electron chi connectivity index (χ0n) is 19.8. The fraction of sp³-hybridized carbons (Fsp3) is 0.571. The zero-order chi connectivity index (χ0) is 24.5. The van der Waals surface area contributed by atoms with Gasteiger partial charge >= 0.3 is 6.09 Å².